The molecule has 0 radical (unpaired) electrons. The number of thiazole rings is 1. The number of piperidine rings is 1. The van der Waals surface area contributed by atoms with Crippen LogP contribution in [0.2, 0.25) is 0 Å². The second-order valence-corrected chi connectivity index (χ2v) is 7.94. The Balaban J connectivity index is 1.42. The van der Waals surface area contributed by atoms with Gasteiger partial charge in [-0.3, -0.25) is 14.7 Å². The van der Waals surface area contributed by atoms with Gasteiger partial charge in [0.1, 0.15) is 5.01 Å². The fraction of sp³-hybridized carbons (Fsp3) is 0.500. The second kappa shape index (κ2) is 6.61. The molecule has 0 N–H and O–H groups in total. The van der Waals surface area contributed by atoms with Crippen LogP contribution in [-0.4, -0.2) is 51.9 Å². The molecule has 1 spiro atoms. The number of amides is 1. The van der Waals surface area contributed by atoms with Crippen LogP contribution in [0.1, 0.15) is 34.6 Å². The first kappa shape index (κ1) is 15.7. The van der Waals surface area contributed by atoms with E-state index in [-0.39, 0.29) is 11.3 Å². The van der Waals surface area contributed by atoms with Crippen molar-refractivity contribution in [1.82, 2.24) is 19.8 Å². The summed E-state index contributed by atoms with van der Waals surface area (Å²) in [5.41, 5.74) is 0.956. The Morgan fingerprint density at radius 3 is 3.00 bits per heavy atom. The molecule has 2 aliphatic rings. The average molecular weight is 342 g/mol. The van der Waals surface area contributed by atoms with Gasteiger partial charge in [0.05, 0.1) is 12.1 Å². The van der Waals surface area contributed by atoms with Crippen molar-refractivity contribution in [3.05, 3.63) is 46.7 Å². The summed E-state index contributed by atoms with van der Waals surface area (Å²) in [5, 5.41) is 3.23. The molecule has 0 unspecified atom stereocenters. The summed E-state index contributed by atoms with van der Waals surface area (Å²) in [7, 11) is 0. The first-order valence-electron chi connectivity index (χ1n) is 8.54. The maximum atomic E-state index is 12.7. The van der Waals surface area contributed by atoms with Crippen LogP contribution in [0.25, 0.3) is 0 Å². The average Bonchev–Trinajstić information content (AvgIpc) is 3.26. The van der Waals surface area contributed by atoms with Crippen LogP contribution in [0.15, 0.2) is 36.1 Å². The quantitative estimate of drug-likeness (QED) is 0.860. The molecule has 1 amide bonds. The molecular weight excluding hydrogens is 320 g/mol. The Morgan fingerprint density at radius 1 is 1.25 bits per heavy atom. The van der Waals surface area contributed by atoms with Gasteiger partial charge in [-0.25, -0.2) is 4.98 Å². The standard InChI is InChI=1S/C18H22N4OS/c23-17(15-3-1-6-19-11-15)22-9-5-18(14-22)4-2-8-21(13-18)12-16-20-7-10-24-16/h1,3,6-7,10-11H,2,4-5,8-9,12-14H2/t18-/m1/s1. The lowest BCUT2D eigenvalue weighted by Gasteiger charge is -2.40. The molecule has 1 atom stereocenters. The number of nitrogens with zero attached hydrogens (tertiary/aromatic N) is 4. The normalized spacial score (nSPS) is 24.6. The van der Waals surface area contributed by atoms with Gasteiger partial charge in [0, 0.05) is 49.0 Å². The lowest BCUT2D eigenvalue weighted by Crippen LogP contribution is -2.45. The molecule has 0 saturated carbocycles. The van der Waals surface area contributed by atoms with Gasteiger partial charge < -0.3 is 4.90 Å². The maximum Gasteiger partial charge on any atom is 0.255 e. The van der Waals surface area contributed by atoms with Gasteiger partial charge in [-0.05, 0) is 37.9 Å². The molecule has 4 rings (SSSR count). The highest BCUT2D eigenvalue weighted by atomic mass is 32.1. The number of rotatable bonds is 3. The minimum Gasteiger partial charge on any atom is -0.338 e. The number of hydrogen-bond acceptors (Lipinski definition) is 5. The summed E-state index contributed by atoms with van der Waals surface area (Å²) in [4.78, 5) is 25.7. The van der Waals surface area contributed by atoms with Gasteiger partial charge >= 0.3 is 0 Å². The lowest BCUT2D eigenvalue weighted by atomic mass is 9.79. The van der Waals surface area contributed by atoms with Gasteiger partial charge in [-0.1, -0.05) is 0 Å². The number of carbonyl (C=O) groups excluding carboxylic acids is 1. The van der Waals surface area contributed by atoms with E-state index in [1.807, 2.05) is 28.6 Å². The van der Waals surface area contributed by atoms with Crippen LogP contribution in [0.3, 0.4) is 0 Å². The zero-order valence-electron chi connectivity index (χ0n) is 13.7. The van der Waals surface area contributed by atoms with Gasteiger partial charge in [-0.15, -0.1) is 11.3 Å². The van der Waals surface area contributed by atoms with Crippen LogP contribution >= 0.6 is 11.3 Å². The summed E-state index contributed by atoms with van der Waals surface area (Å²) in [6.45, 7) is 4.88. The SMILES string of the molecule is O=C(c1cccnc1)N1CC[C@@]2(CCCN(Cc3nccs3)C2)C1. The van der Waals surface area contributed by atoms with Gasteiger partial charge in [0.15, 0.2) is 0 Å². The number of likely N-dealkylation sites (tertiary alicyclic amines) is 2. The van der Waals surface area contributed by atoms with E-state index in [0.717, 1.165) is 39.1 Å². The Bertz CT molecular complexity index is 690. The zero-order valence-corrected chi connectivity index (χ0v) is 14.5. The van der Waals surface area contributed by atoms with Crippen LogP contribution in [0.4, 0.5) is 0 Å². The predicted molar refractivity (Wildman–Crippen MR) is 93.8 cm³/mol. The summed E-state index contributed by atoms with van der Waals surface area (Å²) < 4.78 is 0. The van der Waals surface area contributed by atoms with Crippen LogP contribution in [0.5, 0.6) is 0 Å². The van der Waals surface area contributed by atoms with E-state index in [4.69, 9.17) is 0 Å². The number of carbonyl (C=O) groups is 1. The van der Waals surface area contributed by atoms with Crippen LogP contribution in [-0.2, 0) is 6.54 Å². The maximum absolute atomic E-state index is 12.7. The van der Waals surface area contributed by atoms with E-state index in [9.17, 15) is 4.79 Å². The Morgan fingerprint density at radius 2 is 2.21 bits per heavy atom. The third kappa shape index (κ3) is 3.21. The topological polar surface area (TPSA) is 49.3 Å². The molecule has 4 heterocycles. The first-order chi connectivity index (χ1) is 11.7. The third-order valence-corrected chi connectivity index (χ3v) is 5.98. The van der Waals surface area contributed by atoms with Gasteiger partial charge in [0.2, 0.25) is 0 Å². The highest BCUT2D eigenvalue weighted by Crippen LogP contribution is 2.39. The molecule has 2 aliphatic heterocycles. The van der Waals surface area contributed by atoms with Crippen molar-refractivity contribution in [1.29, 1.82) is 0 Å². The molecule has 2 fully saturated rings. The molecule has 0 aromatic carbocycles. The van der Waals surface area contributed by atoms with Crippen molar-refractivity contribution in [3.63, 3.8) is 0 Å². The Kier molecular flexibility index (Phi) is 4.33. The van der Waals surface area contributed by atoms with E-state index in [2.05, 4.69) is 14.9 Å². The minimum absolute atomic E-state index is 0.122. The van der Waals surface area contributed by atoms with Crippen molar-refractivity contribution in [3.8, 4) is 0 Å². The van der Waals surface area contributed by atoms with Crippen LogP contribution < -0.4 is 0 Å². The highest BCUT2D eigenvalue weighted by molar-refractivity contribution is 7.09. The molecule has 0 bridgehead atoms. The lowest BCUT2D eigenvalue weighted by molar-refractivity contribution is 0.0675. The predicted octanol–water partition coefficient (Wildman–Crippen LogP) is 2.67. The van der Waals surface area contributed by atoms with Crippen molar-refractivity contribution in [2.45, 2.75) is 25.8 Å². The largest absolute Gasteiger partial charge is 0.338 e. The molecule has 5 nitrogen and oxygen atoms in total. The Labute approximate surface area is 146 Å². The highest BCUT2D eigenvalue weighted by Gasteiger charge is 2.42. The molecule has 6 heteroatoms. The van der Waals surface area contributed by atoms with Gasteiger partial charge in [0.25, 0.3) is 5.91 Å². The van der Waals surface area contributed by atoms with Gasteiger partial charge in [-0.2, -0.15) is 0 Å². The second-order valence-electron chi connectivity index (χ2n) is 6.96. The molecule has 2 aromatic heterocycles. The molecule has 0 aliphatic carbocycles. The van der Waals surface area contributed by atoms with E-state index in [1.165, 1.54) is 17.8 Å². The molecule has 2 saturated heterocycles. The van der Waals surface area contributed by atoms with E-state index in [0.29, 0.717) is 5.56 Å². The first-order valence-corrected chi connectivity index (χ1v) is 9.42. The fourth-order valence-electron chi connectivity index (χ4n) is 4.08. The van der Waals surface area contributed by atoms with Crippen molar-refractivity contribution < 1.29 is 4.79 Å². The summed E-state index contributed by atoms with van der Waals surface area (Å²) in [6, 6.07) is 3.69. The molecule has 24 heavy (non-hydrogen) atoms. The minimum atomic E-state index is 0.122. The number of pyridine rings is 1. The summed E-state index contributed by atoms with van der Waals surface area (Å²) >= 11 is 1.73. The van der Waals surface area contributed by atoms with E-state index >= 15 is 0 Å². The number of hydrogen-bond donors (Lipinski definition) is 0. The fourth-order valence-corrected chi connectivity index (χ4v) is 4.74. The van der Waals surface area contributed by atoms with Crippen LogP contribution in [0, 0.1) is 5.41 Å². The molecule has 2 aromatic rings. The number of aromatic nitrogens is 2. The monoisotopic (exact) mass is 342 g/mol. The molecular formula is C18H22N4OS. The van der Waals surface area contributed by atoms with E-state index in [1.54, 1.807) is 23.7 Å². The van der Waals surface area contributed by atoms with E-state index < -0.39 is 0 Å². The smallest absolute Gasteiger partial charge is 0.255 e. The van der Waals surface area contributed by atoms with Crippen molar-refractivity contribution >= 4 is 17.2 Å². The van der Waals surface area contributed by atoms with Crippen molar-refractivity contribution in [2.24, 2.45) is 5.41 Å². The zero-order chi connectivity index (χ0) is 16.4. The molecule has 126 valence electrons. The Hall–Kier alpha value is -1.79. The summed E-state index contributed by atoms with van der Waals surface area (Å²) in [6.07, 6.45) is 8.79. The van der Waals surface area contributed by atoms with Crippen molar-refractivity contribution in [2.75, 3.05) is 26.2 Å². The summed E-state index contributed by atoms with van der Waals surface area (Å²) in [5.74, 6) is 0.122. The third-order valence-electron chi connectivity index (χ3n) is 5.22.